The molecule has 0 aliphatic rings. The van der Waals surface area contributed by atoms with Gasteiger partial charge in [-0.1, -0.05) is 29.5 Å². The number of thiazole rings is 1. The molecule has 0 aliphatic carbocycles. The molecule has 1 heterocycles. The fraction of sp³-hybridized carbons (Fsp3) is 0.231. The second-order valence-corrected chi connectivity index (χ2v) is 4.92. The Morgan fingerprint density at radius 3 is 2.65 bits per heavy atom. The third kappa shape index (κ3) is 2.36. The number of nitrogens with zero attached hydrogens (tertiary/aromatic N) is 2. The first-order chi connectivity index (χ1) is 8.09. The van der Waals surface area contributed by atoms with E-state index in [-0.39, 0.29) is 5.78 Å². The van der Waals surface area contributed by atoms with Crippen LogP contribution in [-0.2, 0) is 0 Å². The van der Waals surface area contributed by atoms with E-state index < -0.39 is 0 Å². The SMILES string of the molecule is CC(=O)c1cnc(N(C)c2ccccc2C)s1. The lowest BCUT2D eigenvalue weighted by atomic mass is 10.2. The molecule has 0 radical (unpaired) electrons. The van der Waals surface area contributed by atoms with Gasteiger partial charge in [0.1, 0.15) is 0 Å². The molecular weight excluding hydrogens is 232 g/mol. The third-order valence-corrected chi connectivity index (χ3v) is 3.78. The van der Waals surface area contributed by atoms with E-state index in [4.69, 9.17) is 0 Å². The molecule has 0 spiro atoms. The number of ketones is 1. The quantitative estimate of drug-likeness (QED) is 0.778. The van der Waals surface area contributed by atoms with Gasteiger partial charge in [0.25, 0.3) is 0 Å². The number of Topliss-reactive ketones (excluding diaryl/α,β-unsaturated/α-hetero) is 1. The van der Waals surface area contributed by atoms with Gasteiger partial charge >= 0.3 is 0 Å². The summed E-state index contributed by atoms with van der Waals surface area (Å²) in [7, 11) is 1.96. The van der Waals surface area contributed by atoms with Crippen LogP contribution in [0.5, 0.6) is 0 Å². The van der Waals surface area contributed by atoms with Crippen LogP contribution in [0.4, 0.5) is 10.8 Å². The minimum atomic E-state index is 0.0620. The van der Waals surface area contributed by atoms with Gasteiger partial charge in [0.15, 0.2) is 10.9 Å². The first-order valence-corrected chi connectivity index (χ1v) is 6.17. The van der Waals surface area contributed by atoms with Gasteiger partial charge in [0.05, 0.1) is 11.1 Å². The highest BCUT2D eigenvalue weighted by molar-refractivity contribution is 7.17. The summed E-state index contributed by atoms with van der Waals surface area (Å²) in [5.41, 5.74) is 2.30. The Labute approximate surface area is 105 Å². The summed E-state index contributed by atoms with van der Waals surface area (Å²) >= 11 is 1.42. The Morgan fingerprint density at radius 2 is 2.06 bits per heavy atom. The summed E-state index contributed by atoms with van der Waals surface area (Å²) in [5.74, 6) is 0.0620. The van der Waals surface area contributed by atoms with E-state index in [2.05, 4.69) is 18.0 Å². The van der Waals surface area contributed by atoms with E-state index >= 15 is 0 Å². The Morgan fingerprint density at radius 1 is 1.35 bits per heavy atom. The molecule has 88 valence electrons. The Hall–Kier alpha value is -1.68. The summed E-state index contributed by atoms with van der Waals surface area (Å²) in [6.07, 6.45) is 1.64. The van der Waals surface area contributed by atoms with Crippen molar-refractivity contribution in [1.29, 1.82) is 0 Å². The Kier molecular flexibility index (Phi) is 3.24. The Balaban J connectivity index is 2.34. The minimum absolute atomic E-state index is 0.0620. The largest absolute Gasteiger partial charge is 0.321 e. The van der Waals surface area contributed by atoms with Crippen molar-refractivity contribution in [2.75, 3.05) is 11.9 Å². The molecule has 0 saturated heterocycles. The van der Waals surface area contributed by atoms with Crippen molar-refractivity contribution in [3.63, 3.8) is 0 Å². The van der Waals surface area contributed by atoms with Crippen molar-refractivity contribution in [1.82, 2.24) is 4.98 Å². The Bertz CT molecular complexity index is 548. The van der Waals surface area contributed by atoms with Crippen molar-refractivity contribution < 1.29 is 4.79 Å². The van der Waals surface area contributed by atoms with Gasteiger partial charge in [0.2, 0.25) is 0 Å². The summed E-state index contributed by atoms with van der Waals surface area (Å²) in [6, 6.07) is 8.11. The number of hydrogen-bond acceptors (Lipinski definition) is 4. The number of hydrogen-bond donors (Lipinski definition) is 0. The lowest BCUT2D eigenvalue weighted by Crippen LogP contribution is -2.10. The molecule has 17 heavy (non-hydrogen) atoms. The van der Waals surface area contributed by atoms with Crippen molar-refractivity contribution in [2.45, 2.75) is 13.8 Å². The maximum Gasteiger partial charge on any atom is 0.190 e. The molecule has 0 bridgehead atoms. The normalized spacial score (nSPS) is 10.3. The zero-order valence-electron chi connectivity index (χ0n) is 10.1. The van der Waals surface area contributed by atoms with Crippen LogP contribution in [0, 0.1) is 6.92 Å². The molecule has 0 N–H and O–H groups in total. The monoisotopic (exact) mass is 246 g/mol. The molecule has 0 saturated carbocycles. The molecule has 2 rings (SSSR count). The molecular formula is C13H14N2OS. The zero-order chi connectivity index (χ0) is 12.4. The van der Waals surface area contributed by atoms with Crippen LogP contribution in [0.1, 0.15) is 22.2 Å². The summed E-state index contributed by atoms with van der Waals surface area (Å²) in [6.45, 7) is 3.62. The van der Waals surface area contributed by atoms with E-state index in [0.717, 1.165) is 10.8 Å². The van der Waals surface area contributed by atoms with Gasteiger partial charge in [0, 0.05) is 19.7 Å². The fourth-order valence-corrected chi connectivity index (χ4v) is 2.41. The number of aromatic nitrogens is 1. The molecule has 2 aromatic rings. The van der Waals surface area contributed by atoms with Crippen LogP contribution in [0.3, 0.4) is 0 Å². The predicted octanol–water partition coefficient (Wildman–Crippen LogP) is 3.42. The lowest BCUT2D eigenvalue weighted by molar-refractivity contribution is 0.102. The van der Waals surface area contributed by atoms with Crippen LogP contribution in [0.25, 0.3) is 0 Å². The van der Waals surface area contributed by atoms with E-state index in [1.54, 1.807) is 13.1 Å². The summed E-state index contributed by atoms with van der Waals surface area (Å²) < 4.78 is 0. The van der Waals surface area contributed by atoms with E-state index in [0.29, 0.717) is 4.88 Å². The van der Waals surface area contributed by atoms with Crippen molar-refractivity contribution in [3.05, 3.63) is 40.9 Å². The van der Waals surface area contributed by atoms with Crippen molar-refractivity contribution in [3.8, 4) is 0 Å². The van der Waals surface area contributed by atoms with E-state index in [1.807, 2.05) is 30.1 Å². The van der Waals surface area contributed by atoms with Crippen LogP contribution in [-0.4, -0.2) is 17.8 Å². The van der Waals surface area contributed by atoms with Crippen molar-refractivity contribution in [2.24, 2.45) is 0 Å². The fourth-order valence-electron chi connectivity index (χ4n) is 1.63. The second-order valence-electron chi connectivity index (χ2n) is 3.91. The second kappa shape index (κ2) is 4.67. The molecule has 0 amide bonds. The molecule has 1 aromatic carbocycles. The topological polar surface area (TPSA) is 33.2 Å². The number of para-hydroxylation sites is 1. The first-order valence-electron chi connectivity index (χ1n) is 5.35. The molecule has 0 aliphatic heterocycles. The minimum Gasteiger partial charge on any atom is -0.321 e. The molecule has 3 nitrogen and oxygen atoms in total. The predicted molar refractivity (Wildman–Crippen MR) is 71.4 cm³/mol. The van der Waals surface area contributed by atoms with Crippen LogP contribution in [0.15, 0.2) is 30.5 Å². The average molecular weight is 246 g/mol. The molecule has 0 fully saturated rings. The number of rotatable bonds is 3. The number of aryl methyl sites for hydroxylation is 1. The highest BCUT2D eigenvalue weighted by Gasteiger charge is 2.12. The molecule has 1 aromatic heterocycles. The summed E-state index contributed by atoms with van der Waals surface area (Å²) in [5, 5.41) is 0.838. The van der Waals surface area contributed by atoms with Crippen LogP contribution in [0.2, 0.25) is 0 Å². The van der Waals surface area contributed by atoms with Gasteiger partial charge in [-0.3, -0.25) is 4.79 Å². The summed E-state index contributed by atoms with van der Waals surface area (Å²) in [4.78, 5) is 18.2. The first kappa shape index (κ1) is 11.8. The molecule has 0 unspecified atom stereocenters. The van der Waals surface area contributed by atoms with Crippen molar-refractivity contribution >= 4 is 27.9 Å². The van der Waals surface area contributed by atoms with Crippen LogP contribution < -0.4 is 4.90 Å². The van der Waals surface area contributed by atoms with Gasteiger partial charge in [-0.2, -0.15) is 0 Å². The van der Waals surface area contributed by atoms with Crippen LogP contribution >= 0.6 is 11.3 Å². The lowest BCUT2D eigenvalue weighted by Gasteiger charge is -2.17. The maximum absolute atomic E-state index is 11.2. The number of carbonyl (C=O) groups is 1. The van der Waals surface area contributed by atoms with Gasteiger partial charge in [-0.15, -0.1) is 0 Å². The van der Waals surface area contributed by atoms with Gasteiger partial charge in [-0.25, -0.2) is 4.98 Å². The van der Waals surface area contributed by atoms with E-state index in [1.165, 1.54) is 16.9 Å². The van der Waals surface area contributed by atoms with E-state index in [9.17, 15) is 4.79 Å². The number of carbonyl (C=O) groups excluding carboxylic acids is 1. The maximum atomic E-state index is 11.2. The highest BCUT2D eigenvalue weighted by atomic mass is 32.1. The molecule has 4 heteroatoms. The van der Waals surface area contributed by atoms with Gasteiger partial charge in [-0.05, 0) is 18.6 Å². The number of benzene rings is 1. The average Bonchev–Trinajstić information content (AvgIpc) is 2.78. The smallest absolute Gasteiger partial charge is 0.190 e. The zero-order valence-corrected chi connectivity index (χ0v) is 10.9. The molecule has 0 atom stereocenters. The highest BCUT2D eigenvalue weighted by Crippen LogP contribution is 2.29. The number of anilines is 2. The third-order valence-electron chi connectivity index (χ3n) is 2.60. The van der Waals surface area contributed by atoms with Gasteiger partial charge < -0.3 is 4.90 Å². The standard InChI is InChI=1S/C13H14N2OS/c1-9-6-4-5-7-11(9)15(3)13-14-8-12(17-13)10(2)16/h4-8H,1-3H3.